The molecule has 0 aliphatic heterocycles. The van der Waals surface area contributed by atoms with Crippen molar-refractivity contribution in [2.75, 3.05) is 0 Å². The third-order valence-electron chi connectivity index (χ3n) is 3.22. The highest BCUT2D eigenvalue weighted by Gasteiger charge is 2.12. The lowest BCUT2D eigenvalue weighted by molar-refractivity contribution is 0.0687. The predicted octanol–water partition coefficient (Wildman–Crippen LogP) is 0.876. The highest BCUT2D eigenvalue weighted by atomic mass is 16.4. The zero-order valence-corrected chi connectivity index (χ0v) is 11.2. The number of aromatic carboxylic acids is 1. The van der Waals surface area contributed by atoms with Gasteiger partial charge in [-0.15, -0.1) is 0 Å². The maximum atomic E-state index is 11.8. The van der Waals surface area contributed by atoms with Crippen LogP contribution in [0.15, 0.2) is 41.2 Å². The molecule has 21 heavy (non-hydrogen) atoms. The van der Waals surface area contributed by atoms with E-state index in [1.165, 1.54) is 12.1 Å². The normalized spacial score (nSPS) is 10.9. The lowest BCUT2D eigenvalue weighted by atomic mass is 10.2. The van der Waals surface area contributed by atoms with E-state index in [4.69, 9.17) is 5.11 Å². The lowest BCUT2D eigenvalue weighted by Gasteiger charge is -2.03. The summed E-state index contributed by atoms with van der Waals surface area (Å²) in [5.41, 5.74) is 1.07. The molecule has 0 spiro atoms. The molecule has 0 bridgehead atoms. The summed E-state index contributed by atoms with van der Waals surface area (Å²) in [4.78, 5) is 22.7. The minimum Gasteiger partial charge on any atom is -0.476 e. The molecule has 0 fully saturated rings. The minimum atomic E-state index is -1.17. The maximum Gasteiger partial charge on any atom is 0.356 e. The Morgan fingerprint density at radius 2 is 1.95 bits per heavy atom. The number of benzene rings is 1. The van der Waals surface area contributed by atoms with E-state index in [-0.39, 0.29) is 17.8 Å². The highest BCUT2D eigenvalue weighted by molar-refractivity contribution is 5.85. The number of aryl methyl sites for hydroxylation is 1. The molecule has 106 valence electrons. The Labute approximate surface area is 119 Å². The third kappa shape index (κ3) is 2.29. The van der Waals surface area contributed by atoms with E-state index in [2.05, 4.69) is 10.2 Å². The molecule has 0 aliphatic carbocycles. The highest BCUT2D eigenvalue weighted by Crippen LogP contribution is 2.17. The summed E-state index contributed by atoms with van der Waals surface area (Å²) < 4.78 is 2.83. The number of para-hydroxylation sites is 1. The zero-order valence-electron chi connectivity index (χ0n) is 11.2. The monoisotopic (exact) mass is 284 g/mol. The van der Waals surface area contributed by atoms with Crippen molar-refractivity contribution in [3.05, 3.63) is 58.1 Å². The van der Waals surface area contributed by atoms with Gasteiger partial charge in [-0.2, -0.15) is 10.2 Å². The standard InChI is InChI=1S/C14H12N4O3/c1-17-12-5-3-2-4-9(12)11(15-17)8-18-13(19)7-6-10(16-18)14(20)21/h2-7H,8H2,1H3,(H,20,21). The summed E-state index contributed by atoms with van der Waals surface area (Å²) in [6.07, 6.45) is 0. The van der Waals surface area contributed by atoms with Crippen LogP contribution in [0.25, 0.3) is 10.9 Å². The lowest BCUT2D eigenvalue weighted by Crippen LogP contribution is -2.25. The van der Waals surface area contributed by atoms with Gasteiger partial charge >= 0.3 is 5.97 Å². The number of nitrogens with zero attached hydrogens (tertiary/aromatic N) is 4. The van der Waals surface area contributed by atoms with Crippen molar-refractivity contribution in [3.8, 4) is 0 Å². The second-order valence-corrected chi connectivity index (χ2v) is 4.61. The Bertz CT molecular complexity index is 895. The number of aromatic nitrogens is 4. The average molecular weight is 284 g/mol. The maximum absolute atomic E-state index is 11.8. The van der Waals surface area contributed by atoms with Gasteiger partial charge in [0.15, 0.2) is 5.69 Å². The second kappa shape index (κ2) is 4.86. The van der Waals surface area contributed by atoms with E-state index in [0.29, 0.717) is 5.69 Å². The van der Waals surface area contributed by atoms with Crippen LogP contribution < -0.4 is 5.56 Å². The van der Waals surface area contributed by atoms with Gasteiger partial charge in [0, 0.05) is 18.5 Å². The SMILES string of the molecule is Cn1nc(Cn2nc(C(=O)O)ccc2=O)c2ccccc21. The van der Waals surface area contributed by atoms with Gasteiger partial charge in [-0.1, -0.05) is 18.2 Å². The largest absolute Gasteiger partial charge is 0.476 e. The fourth-order valence-corrected chi connectivity index (χ4v) is 2.22. The van der Waals surface area contributed by atoms with Crippen molar-refractivity contribution in [2.24, 2.45) is 7.05 Å². The summed E-state index contributed by atoms with van der Waals surface area (Å²) in [6.45, 7) is 0.126. The van der Waals surface area contributed by atoms with Gasteiger partial charge in [0.1, 0.15) is 0 Å². The van der Waals surface area contributed by atoms with Crippen molar-refractivity contribution in [3.63, 3.8) is 0 Å². The van der Waals surface area contributed by atoms with Crippen LogP contribution in [0.1, 0.15) is 16.2 Å². The van der Waals surface area contributed by atoms with Gasteiger partial charge in [-0.25, -0.2) is 9.48 Å². The van der Waals surface area contributed by atoms with E-state index < -0.39 is 5.97 Å². The minimum absolute atomic E-state index is 0.126. The number of hydrogen-bond donors (Lipinski definition) is 1. The number of carboxylic acids is 1. The summed E-state index contributed by atoms with van der Waals surface area (Å²) >= 11 is 0. The Morgan fingerprint density at radius 3 is 2.71 bits per heavy atom. The first-order valence-electron chi connectivity index (χ1n) is 6.28. The van der Waals surface area contributed by atoms with E-state index in [1.54, 1.807) is 4.68 Å². The van der Waals surface area contributed by atoms with Crippen molar-refractivity contribution in [1.82, 2.24) is 19.6 Å². The van der Waals surface area contributed by atoms with E-state index in [9.17, 15) is 9.59 Å². The number of hydrogen-bond acceptors (Lipinski definition) is 4. The molecule has 1 aromatic carbocycles. The molecule has 0 saturated heterocycles. The molecular weight excluding hydrogens is 272 g/mol. The van der Waals surface area contributed by atoms with Gasteiger partial charge in [0.2, 0.25) is 0 Å². The van der Waals surface area contributed by atoms with Gasteiger partial charge in [0.05, 0.1) is 17.8 Å². The molecule has 2 aromatic heterocycles. The van der Waals surface area contributed by atoms with E-state index in [0.717, 1.165) is 15.6 Å². The van der Waals surface area contributed by atoms with Gasteiger partial charge < -0.3 is 5.11 Å². The Morgan fingerprint density at radius 1 is 1.19 bits per heavy atom. The topological polar surface area (TPSA) is 90.0 Å². The van der Waals surface area contributed by atoms with Crippen molar-refractivity contribution in [2.45, 2.75) is 6.54 Å². The smallest absolute Gasteiger partial charge is 0.356 e. The first-order valence-corrected chi connectivity index (χ1v) is 6.28. The Balaban J connectivity index is 2.09. The fraction of sp³-hybridized carbons (Fsp3) is 0.143. The average Bonchev–Trinajstić information content (AvgIpc) is 2.78. The van der Waals surface area contributed by atoms with Gasteiger partial charge in [-0.3, -0.25) is 9.48 Å². The molecule has 0 atom stereocenters. The number of carbonyl (C=O) groups is 1. The van der Waals surface area contributed by atoms with Crippen LogP contribution in [0.2, 0.25) is 0 Å². The summed E-state index contributed by atoms with van der Waals surface area (Å²) in [5, 5.41) is 18.1. The van der Waals surface area contributed by atoms with Crippen LogP contribution >= 0.6 is 0 Å². The third-order valence-corrected chi connectivity index (χ3v) is 3.22. The second-order valence-electron chi connectivity index (χ2n) is 4.61. The first kappa shape index (κ1) is 13.0. The quantitative estimate of drug-likeness (QED) is 0.771. The van der Waals surface area contributed by atoms with Gasteiger partial charge in [0.25, 0.3) is 5.56 Å². The molecule has 1 N–H and O–H groups in total. The molecule has 3 aromatic rings. The molecule has 0 radical (unpaired) electrons. The number of carboxylic acid groups (broad SMARTS) is 1. The molecule has 0 amide bonds. The molecule has 0 aliphatic rings. The molecule has 3 rings (SSSR count). The van der Waals surface area contributed by atoms with E-state index >= 15 is 0 Å². The molecule has 0 unspecified atom stereocenters. The van der Waals surface area contributed by atoms with Crippen LogP contribution in [0, 0.1) is 0 Å². The van der Waals surface area contributed by atoms with Crippen molar-refractivity contribution in [1.29, 1.82) is 0 Å². The molecular formula is C14H12N4O3. The van der Waals surface area contributed by atoms with Crippen LogP contribution in [0.4, 0.5) is 0 Å². The summed E-state index contributed by atoms with van der Waals surface area (Å²) in [6, 6.07) is 10.0. The van der Waals surface area contributed by atoms with Crippen molar-refractivity contribution >= 4 is 16.9 Å². The van der Waals surface area contributed by atoms with Crippen LogP contribution in [0.3, 0.4) is 0 Å². The van der Waals surface area contributed by atoms with Crippen LogP contribution in [0.5, 0.6) is 0 Å². The molecule has 7 nitrogen and oxygen atoms in total. The molecule has 0 saturated carbocycles. The summed E-state index contributed by atoms with van der Waals surface area (Å²) in [5.74, 6) is -1.17. The Kier molecular flexibility index (Phi) is 3.02. The molecule has 2 heterocycles. The van der Waals surface area contributed by atoms with Crippen molar-refractivity contribution < 1.29 is 9.90 Å². The Hall–Kier alpha value is -2.96. The number of fused-ring (bicyclic) bond motifs is 1. The summed E-state index contributed by atoms with van der Waals surface area (Å²) in [7, 11) is 1.82. The predicted molar refractivity (Wildman–Crippen MR) is 75.3 cm³/mol. The van der Waals surface area contributed by atoms with E-state index in [1.807, 2.05) is 31.3 Å². The van der Waals surface area contributed by atoms with Crippen LogP contribution in [-0.2, 0) is 13.6 Å². The van der Waals surface area contributed by atoms with Gasteiger partial charge in [-0.05, 0) is 12.1 Å². The zero-order chi connectivity index (χ0) is 15.0. The van der Waals surface area contributed by atoms with Crippen LogP contribution in [-0.4, -0.2) is 30.6 Å². The molecule has 7 heteroatoms. The fourth-order valence-electron chi connectivity index (χ4n) is 2.22. The number of rotatable bonds is 3. The first-order chi connectivity index (χ1) is 10.1.